The summed E-state index contributed by atoms with van der Waals surface area (Å²) >= 11 is 1.36. The fourth-order valence-electron chi connectivity index (χ4n) is 3.20. The quantitative estimate of drug-likeness (QED) is 0.729. The summed E-state index contributed by atoms with van der Waals surface area (Å²) in [5.41, 5.74) is 7.54. The molecule has 0 fully saturated rings. The van der Waals surface area contributed by atoms with Gasteiger partial charge in [-0.1, -0.05) is 12.1 Å². The molecule has 0 saturated carbocycles. The molecule has 2 amide bonds. The van der Waals surface area contributed by atoms with Crippen LogP contribution in [0.15, 0.2) is 4.52 Å². The zero-order valence-electron chi connectivity index (χ0n) is 15.2. The van der Waals surface area contributed by atoms with Gasteiger partial charge in [-0.25, -0.2) is 4.79 Å². The number of aryl methyl sites for hydroxylation is 3. The number of thiophene rings is 1. The van der Waals surface area contributed by atoms with Gasteiger partial charge < -0.3 is 20.3 Å². The number of esters is 1. The number of hydrogen-bond acceptors (Lipinski definition) is 7. The number of nitrogens with zero attached hydrogens (tertiary/aromatic N) is 1. The number of nitrogens with two attached hydrogens (primary N) is 1. The van der Waals surface area contributed by atoms with Crippen molar-refractivity contribution in [3.05, 3.63) is 33.0 Å². The van der Waals surface area contributed by atoms with Crippen LogP contribution in [0.1, 0.15) is 62.4 Å². The van der Waals surface area contributed by atoms with Crippen LogP contribution in [0.5, 0.6) is 0 Å². The maximum atomic E-state index is 12.2. The maximum Gasteiger partial charge on any atom is 0.344 e. The molecule has 0 aliphatic heterocycles. The number of ether oxygens (including phenoxy) is 1. The van der Waals surface area contributed by atoms with E-state index in [1.807, 2.05) is 6.92 Å². The molecule has 3 N–H and O–H groups in total. The maximum absolute atomic E-state index is 12.2. The Balaban J connectivity index is 1.68. The van der Waals surface area contributed by atoms with E-state index < -0.39 is 24.4 Å². The summed E-state index contributed by atoms with van der Waals surface area (Å²) in [7, 11) is 0. The van der Waals surface area contributed by atoms with E-state index in [-0.39, 0.29) is 5.56 Å². The highest BCUT2D eigenvalue weighted by atomic mass is 32.1. The number of hydrogen-bond donors (Lipinski definition) is 2. The minimum Gasteiger partial charge on any atom is -0.452 e. The van der Waals surface area contributed by atoms with E-state index in [0.29, 0.717) is 28.4 Å². The van der Waals surface area contributed by atoms with Crippen molar-refractivity contribution in [2.75, 3.05) is 11.9 Å². The molecule has 0 atom stereocenters. The average molecular weight is 391 g/mol. The largest absolute Gasteiger partial charge is 0.452 e. The van der Waals surface area contributed by atoms with Crippen molar-refractivity contribution in [3.8, 4) is 0 Å². The SMILES string of the molecule is CCc1noc(C)c1C(=O)OCC(=O)Nc1sc2c(c1C(N)=O)CCCC2. The van der Waals surface area contributed by atoms with Gasteiger partial charge in [-0.2, -0.15) is 0 Å². The number of carbonyl (C=O) groups is 3. The second-order valence-corrected chi connectivity index (χ2v) is 7.42. The third-order valence-corrected chi connectivity index (χ3v) is 5.68. The van der Waals surface area contributed by atoms with Crippen LogP contribution >= 0.6 is 11.3 Å². The minimum absolute atomic E-state index is 0.245. The molecule has 2 aromatic heterocycles. The van der Waals surface area contributed by atoms with Crippen LogP contribution in [-0.2, 0) is 28.8 Å². The van der Waals surface area contributed by atoms with Crippen LogP contribution in [0.3, 0.4) is 0 Å². The number of primary amides is 1. The van der Waals surface area contributed by atoms with Gasteiger partial charge in [-0.15, -0.1) is 11.3 Å². The molecule has 2 heterocycles. The Kier molecular flexibility index (Phi) is 5.59. The van der Waals surface area contributed by atoms with Gasteiger partial charge in [0.15, 0.2) is 6.61 Å². The molecule has 27 heavy (non-hydrogen) atoms. The van der Waals surface area contributed by atoms with Crippen LogP contribution in [0.25, 0.3) is 0 Å². The van der Waals surface area contributed by atoms with E-state index in [0.717, 1.165) is 36.1 Å². The second kappa shape index (κ2) is 7.91. The number of fused-ring (bicyclic) bond motifs is 1. The number of anilines is 1. The molecule has 1 aliphatic carbocycles. The summed E-state index contributed by atoms with van der Waals surface area (Å²) in [6, 6.07) is 0. The van der Waals surface area contributed by atoms with E-state index in [1.54, 1.807) is 6.92 Å². The molecule has 8 nitrogen and oxygen atoms in total. The fraction of sp³-hybridized carbons (Fsp3) is 0.444. The van der Waals surface area contributed by atoms with Crippen molar-refractivity contribution in [3.63, 3.8) is 0 Å². The summed E-state index contributed by atoms with van der Waals surface area (Å²) < 4.78 is 10.1. The molecule has 1 aliphatic rings. The van der Waals surface area contributed by atoms with Gasteiger partial charge >= 0.3 is 5.97 Å². The monoisotopic (exact) mass is 391 g/mol. The summed E-state index contributed by atoms with van der Waals surface area (Å²) in [6.45, 7) is 2.97. The summed E-state index contributed by atoms with van der Waals surface area (Å²) in [6.07, 6.45) is 4.21. The van der Waals surface area contributed by atoms with E-state index in [2.05, 4.69) is 10.5 Å². The molecule has 0 spiro atoms. The fourth-order valence-corrected chi connectivity index (χ4v) is 4.51. The van der Waals surface area contributed by atoms with E-state index in [1.165, 1.54) is 11.3 Å². The predicted octanol–water partition coefficient (Wildman–Crippen LogP) is 2.38. The molecule has 0 bridgehead atoms. The first kappa shape index (κ1) is 19.1. The van der Waals surface area contributed by atoms with E-state index in [4.69, 9.17) is 15.0 Å². The van der Waals surface area contributed by atoms with Crippen molar-refractivity contribution >= 4 is 34.1 Å². The number of carbonyl (C=O) groups excluding carboxylic acids is 3. The van der Waals surface area contributed by atoms with Crippen molar-refractivity contribution in [1.82, 2.24) is 5.16 Å². The Morgan fingerprint density at radius 1 is 1.26 bits per heavy atom. The molecule has 0 unspecified atom stereocenters. The Morgan fingerprint density at radius 2 is 2.00 bits per heavy atom. The standard InChI is InChI=1S/C18H21N3O5S/c1-3-11-14(9(2)26-21-11)18(24)25-8-13(22)20-17-15(16(19)23)10-6-4-5-7-12(10)27-17/h3-8H2,1-2H3,(H2,19,23)(H,20,22). The number of amides is 2. The third-order valence-electron chi connectivity index (χ3n) is 4.48. The second-order valence-electron chi connectivity index (χ2n) is 6.32. The summed E-state index contributed by atoms with van der Waals surface area (Å²) in [5, 5.41) is 6.87. The molecule has 9 heteroatoms. The van der Waals surface area contributed by atoms with Gasteiger partial charge in [0, 0.05) is 4.88 Å². The lowest BCUT2D eigenvalue weighted by Gasteiger charge is -2.11. The highest BCUT2D eigenvalue weighted by molar-refractivity contribution is 7.17. The van der Waals surface area contributed by atoms with Gasteiger partial charge in [0.2, 0.25) is 0 Å². The van der Waals surface area contributed by atoms with Crippen LogP contribution < -0.4 is 11.1 Å². The number of aromatic nitrogens is 1. The zero-order chi connectivity index (χ0) is 19.6. The van der Waals surface area contributed by atoms with Crippen LogP contribution in [-0.4, -0.2) is 29.5 Å². The van der Waals surface area contributed by atoms with Gasteiger partial charge in [0.25, 0.3) is 11.8 Å². The van der Waals surface area contributed by atoms with Gasteiger partial charge in [0.05, 0.1) is 11.3 Å². The van der Waals surface area contributed by atoms with Crippen molar-refractivity contribution in [2.24, 2.45) is 5.73 Å². The first-order valence-corrected chi connectivity index (χ1v) is 9.60. The van der Waals surface area contributed by atoms with Gasteiger partial charge in [0.1, 0.15) is 16.3 Å². The number of rotatable bonds is 6. The Hall–Kier alpha value is -2.68. The Morgan fingerprint density at radius 3 is 2.70 bits per heavy atom. The average Bonchev–Trinajstić information content (AvgIpc) is 3.19. The molecular weight excluding hydrogens is 370 g/mol. The van der Waals surface area contributed by atoms with Crippen LogP contribution in [0.4, 0.5) is 5.00 Å². The smallest absolute Gasteiger partial charge is 0.344 e. The summed E-state index contributed by atoms with van der Waals surface area (Å²) in [4.78, 5) is 37.4. The number of nitrogens with one attached hydrogen (secondary N) is 1. The molecule has 0 aromatic carbocycles. The minimum atomic E-state index is -0.665. The van der Waals surface area contributed by atoms with Crippen molar-refractivity contribution in [2.45, 2.75) is 46.0 Å². The predicted molar refractivity (Wildman–Crippen MR) is 99.0 cm³/mol. The first-order chi connectivity index (χ1) is 12.9. The van der Waals surface area contributed by atoms with Gasteiger partial charge in [-0.3, -0.25) is 9.59 Å². The molecular formula is C18H21N3O5S. The molecule has 144 valence electrons. The first-order valence-electron chi connectivity index (χ1n) is 8.78. The zero-order valence-corrected chi connectivity index (χ0v) is 16.0. The highest BCUT2D eigenvalue weighted by Crippen LogP contribution is 2.37. The molecule has 0 saturated heterocycles. The topological polar surface area (TPSA) is 125 Å². The Bertz CT molecular complexity index is 899. The van der Waals surface area contributed by atoms with Crippen molar-refractivity contribution < 1.29 is 23.6 Å². The van der Waals surface area contributed by atoms with Crippen LogP contribution in [0.2, 0.25) is 0 Å². The van der Waals surface area contributed by atoms with E-state index >= 15 is 0 Å². The molecule has 3 rings (SSSR count). The Labute approximate surface area is 160 Å². The van der Waals surface area contributed by atoms with Gasteiger partial charge in [-0.05, 0) is 44.6 Å². The molecule has 0 radical (unpaired) electrons. The third kappa shape index (κ3) is 3.87. The lowest BCUT2D eigenvalue weighted by molar-refractivity contribution is -0.119. The molecule has 2 aromatic rings. The summed E-state index contributed by atoms with van der Waals surface area (Å²) in [5.74, 6) is -1.41. The normalized spacial score (nSPS) is 13.1. The lowest BCUT2D eigenvalue weighted by Crippen LogP contribution is -2.23. The van der Waals surface area contributed by atoms with Crippen LogP contribution in [0, 0.1) is 6.92 Å². The van der Waals surface area contributed by atoms with Crippen molar-refractivity contribution in [1.29, 1.82) is 0 Å². The highest BCUT2D eigenvalue weighted by Gasteiger charge is 2.26. The lowest BCUT2D eigenvalue weighted by atomic mass is 9.95. The van der Waals surface area contributed by atoms with E-state index in [9.17, 15) is 14.4 Å².